The van der Waals surface area contributed by atoms with Gasteiger partial charge in [-0.1, -0.05) is 6.58 Å². The first-order chi connectivity index (χ1) is 11.7. The van der Waals surface area contributed by atoms with Crippen LogP contribution in [0.4, 0.5) is 48.3 Å². The number of carbonyl (C=O) groups excluding carboxylic acids is 1. The van der Waals surface area contributed by atoms with Crippen LogP contribution in [0.25, 0.3) is 0 Å². The molecule has 0 unspecified atom stereocenters. The van der Waals surface area contributed by atoms with Crippen molar-refractivity contribution in [1.29, 1.82) is 0 Å². The number of hydrogen-bond donors (Lipinski definition) is 0. The SMILES string of the molecule is C=C(C)C(=O)OCC(F)(F)OC(F)(F)OC(F)(F)OC(F)(F)OC(F)(F)F. The Labute approximate surface area is 141 Å². The Kier molecular flexibility index (Phi) is 7.59. The molecule has 0 radical (unpaired) electrons. The summed E-state index contributed by atoms with van der Waals surface area (Å²) in [5, 5.41) is 0. The van der Waals surface area contributed by atoms with E-state index in [1.54, 1.807) is 4.74 Å². The van der Waals surface area contributed by atoms with Gasteiger partial charge < -0.3 is 4.74 Å². The van der Waals surface area contributed by atoms with E-state index in [0.29, 0.717) is 0 Å². The summed E-state index contributed by atoms with van der Waals surface area (Å²) < 4.78 is 148. The molecule has 0 saturated heterocycles. The fourth-order valence-electron chi connectivity index (χ4n) is 0.950. The number of carbonyl (C=O) groups is 1. The van der Waals surface area contributed by atoms with Gasteiger partial charge in [0.25, 0.3) is 0 Å². The summed E-state index contributed by atoms with van der Waals surface area (Å²) >= 11 is 0. The van der Waals surface area contributed by atoms with Gasteiger partial charge in [0.05, 0.1) is 0 Å². The molecule has 0 aromatic rings. The van der Waals surface area contributed by atoms with Crippen LogP contribution in [0.3, 0.4) is 0 Å². The zero-order chi connectivity index (χ0) is 21.9. The lowest BCUT2D eigenvalue weighted by atomic mass is 10.4. The highest BCUT2D eigenvalue weighted by Crippen LogP contribution is 2.39. The third kappa shape index (κ3) is 11.6. The standard InChI is InChI=1S/C10H7F11O6/c1-4(2)5(22)23-3-6(11,12)24-8(16,17)26-10(20,21)27-9(18,19)25-7(13,14)15/h1,3H2,2H3. The molecule has 6 nitrogen and oxygen atoms in total. The van der Waals surface area contributed by atoms with Crippen LogP contribution in [-0.2, 0) is 28.5 Å². The van der Waals surface area contributed by atoms with Gasteiger partial charge in [0, 0.05) is 5.57 Å². The third-order valence-corrected chi connectivity index (χ3v) is 1.70. The Morgan fingerprint density at radius 3 is 1.48 bits per heavy atom. The van der Waals surface area contributed by atoms with Crippen LogP contribution < -0.4 is 0 Å². The Hall–Kier alpha value is -1.72. The summed E-state index contributed by atoms with van der Waals surface area (Å²) in [4.78, 5) is 10.8. The molecule has 0 aliphatic carbocycles. The van der Waals surface area contributed by atoms with Crippen molar-refractivity contribution in [2.75, 3.05) is 6.61 Å². The van der Waals surface area contributed by atoms with E-state index in [2.05, 4.69) is 20.8 Å². The molecule has 0 heterocycles. The Morgan fingerprint density at radius 1 is 0.741 bits per heavy atom. The van der Waals surface area contributed by atoms with Crippen LogP contribution in [0.2, 0.25) is 0 Å². The number of rotatable bonds is 10. The monoisotopic (exact) mass is 432 g/mol. The summed E-state index contributed by atoms with van der Waals surface area (Å²) in [6.45, 7) is 1.60. The fourth-order valence-corrected chi connectivity index (χ4v) is 0.950. The molecule has 0 bridgehead atoms. The van der Waals surface area contributed by atoms with Gasteiger partial charge in [-0.2, -0.15) is 13.5 Å². The fraction of sp³-hybridized carbons (Fsp3) is 0.700. The van der Waals surface area contributed by atoms with Gasteiger partial charge in [0.1, 0.15) is 0 Å². The van der Waals surface area contributed by atoms with Gasteiger partial charge in [-0.25, -0.2) is 19.0 Å². The van der Waals surface area contributed by atoms with Crippen molar-refractivity contribution >= 4 is 5.97 Å². The summed E-state index contributed by atoms with van der Waals surface area (Å²) in [6, 6.07) is 0. The average Bonchev–Trinajstić information content (AvgIpc) is 2.27. The minimum atomic E-state index is -6.32. The highest BCUT2D eigenvalue weighted by Gasteiger charge is 2.59. The maximum atomic E-state index is 13.0. The van der Waals surface area contributed by atoms with E-state index in [-0.39, 0.29) is 0 Å². The number of hydrogen-bond acceptors (Lipinski definition) is 6. The Morgan fingerprint density at radius 2 is 1.11 bits per heavy atom. The second-order valence-electron chi connectivity index (χ2n) is 4.24. The van der Waals surface area contributed by atoms with E-state index >= 15 is 0 Å². The van der Waals surface area contributed by atoms with Crippen molar-refractivity contribution in [2.45, 2.75) is 38.3 Å². The zero-order valence-electron chi connectivity index (χ0n) is 12.5. The molecule has 0 aliphatic rings. The van der Waals surface area contributed by atoms with Gasteiger partial charge in [-0.15, -0.1) is 39.5 Å². The topological polar surface area (TPSA) is 63.2 Å². The Bertz CT molecular complexity index is 544. The smallest absolute Gasteiger partial charge is 0.453 e. The molecule has 0 amide bonds. The van der Waals surface area contributed by atoms with Gasteiger partial charge in [0.2, 0.25) is 0 Å². The summed E-state index contributed by atoms with van der Waals surface area (Å²) in [7, 11) is 0. The lowest BCUT2D eigenvalue weighted by molar-refractivity contribution is -0.609. The minimum Gasteiger partial charge on any atom is -0.453 e. The second-order valence-corrected chi connectivity index (χ2v) is 4.24. The molecule has 160 valence electrons. The van der Waals surface area contributed by atoms with Gasteiger partial charge in [-0.05, 0) is 6.92 Å². The number of esters is 1. The van der Waals surface area contributed by atoms with Crippen molar-refractivity contribution in [3.05, 3.63) is 12.2 Å². The van der Waals surface area contributed by atoms with E-state index in [4.69, 9.17) is 0 Å². The molecule has 0 spiro atoms. The lowest BCUT2D eigenvalue weighted by Crippen LogP contribution is -2.47. The summed E-state index contributed by atoms with van der Waals surface area (Å²) in [5.74, 6) is -1.53. The van der Waals surface area contributed by atoms with Crippen molar-refractivity contribution < 1.29 is 76.8 Å². The maximum Gasteiger partial charge on any atom is 0.529 e. The molecule has 0 rings (SSSR count). The quantitative estimate of drug-likeness (QED) is 0.226. The molecule has 0 atom stereocenters. The molecule has 27 heavy (non-hydrogen) atoms. The molecule has 0 N–H and O–H groups in total. The maximum absolute atomic E-state index is 13.0. The van der Waals surface area contributed by atoms with Crippen LogP contribution in [0.1, 0.15) is 6.92 Å². The van der Waals surface area contributed by atoms with Crippen LogP contribution >= 0.6 is 0 Å². The predicted octanol–water partition coefficient (Wildman–Crippen LogP) is 3.94. The largest absolute Gasteiger partial charge is 0.529 e. The molecular weight excluding hydrogens is 425 g/mol. The van der Waals surface area contributed by atoms with Crippen LogP contribution in [0.5, 0.6) is 0 Å². The number of halogens is 11. The van der Waals surface area contributed by atoms with E-state index in [1.807, 2.05) is 4.74 Å². The third-order valence-electron chi connectivity index (χ3n) is 1.70. The molecule has 0 aliphatic heterocycles. The second kappa shape index (κ2) is 8.11. The molecule has 0 saturated carbocycles. The van der Waals surface area contributed by atoms with Crippen molar-refractivity contribution in [3.63, 3.8) is 0 Å². The zero-order valence-corrected chi connectivity index (χ0v) is 12.5. The van der Waals surface area contributed by atoms with Crippen molar-refractivity contribution in [2.24, 2.45) is 0 Å². The highest BCUT2D eigenvalue weighted by molar-refractivity contribution is 5.86. The first-order valence-electron chi connectivity index (χ1n) is 5.87. The van der Waals surface area contributed by atoms with Crippen LogP contribution in [0, 0.1) is 0 Å². The van der Waals surface area contributed by atoms with E-state index in [0.717, 1.165) is 6.92 Å². The molecule has 0 aromatic heterocycles. The molecule has 0 aromatic carbocycles. The van der Waals surface area contributed by atoms with Crippen molar-refractivity contribution in [1.82, 2.24) is 0 Å². The molecule has 17 heteroatoms. The predicted molar refractivity (Wildman–Crippen MR) is 56.0 cm³/mol. The van der Waals surface area contributed by atoms with Crippen LogP contribution in [-0.4, -0.2) is 43.9 Å². The summed E-state index contributed by atoms with van der Waals surface area (Å²) in [6.07, 6.45) is -30.1. The van der Waals surface area contributed by atoms with E-state index in [1.165, 1.54) is 0 Å². The minimum absolute atomic E-state index is 0.472. The number of alkyl halides is 11. The van der Waals surface area contributed by atoms with Gasteiger partial charge in [0.15, 0.2) is 6.61 Å². The van der Waals surface area contributed by atoms with E-state index < -0.39 is 49.5 Å². The molecule has 0 fully saturated rings. The summed E-state index contributed by atoms with van der Waals surface area (Å²) in [5.41, 5.74) is -0.472. The highest BCUT2D eigenvalue weighted by atomic mass is 19.4. The van der Waals surface area contributed by atoms with E-state index in [9.17, 15) is 53.1 Å². The normalized spacial score (nSPS) is 14.2. The molecular formula is C10H7F11O6. The number of ether oxygens (including phenoxy) is 5. The Balaban J connectivity index is 4.95. The van der Waals surface area contributed by atoms with Crippen LogP contribution in [0.15, 0.2) is 12.2 Å². The lowest BCUT2D eigenvalue weighted by Gasteiger charge is -2.27. The average molecular weight is 432 g/mol. The first kappa shape index (κ1) is 25.3. The first-order valence-corrected chi connectivity index (χ1v) is 5.87. The van der Waals surface area contributed by atoms with Crippen molar-refractivity contribution in [3.8, 4) is 0 Å². The van der Waals surface area contributed by atoms with Gasteiger partial charge >= 0.3 is 37.3 Å². The van der Waals surface area contributed by atoms with Gasteiger partial charge in [-0.3, -0.25) is 0 Å².